The second-order valence-electron chi connectivity index (χ2n) is 9.17. The van der Waals surface area contributed by atoms with Crippen LogP contribution in [0.1, 0.15) is 57.8 Å². The van der Waals surface area contributed by atoms with E-state index >= 15 is 0 Å². The fourth-order valence-electron chi connectivity index (χ4n) is 6.46. The Balaban J connectivity index is 1.26. The summed E-state index contributed by atoms with van der Waals surface area (Å²) in [5, 5.41) is 6.41. The monoisotopic (exact) mass is 347 g/mol. The summed E-state index contributed by atoms with van der Waals surface area (Å²) in [6.07, 6.45) is 9.98. The summed E-state index contributed by atoms with van der Waals surface area (Å²) in [5.41, 5.74) is -0.0971. The van der Waals surface area contributed by atoms with Crippen LogP contribution in [-0.4, -0.2) is 49.4 Å². The summed E-state index contributed by atoms with van der Waals surface area (Å²) in [7, 11) is 1.96. The van der Waals surface area contributed by atoms with Gasteiger partial charge in [-0.15, -0.1) is 0 Å². The third-order valence-corrected chi connectivity index (χ3v) is 7.33. The van der Waals surface area contributed by atoms with Gasteiger partial charge in [0, 0.05) is 37.5 Å². The average molecular weight is 348 g/mol. The van der Waals surface area contributed by atoms with Crippen molar-refractivity contribution in [1.29, 1.82) is 0 Å². The number of rotatable bonds is 5. The first-order valence-electron chi connectivity index (χ1n) is 10.3. The standard InChI is InChI=1S/C20H33N3O2/c1-21-17-3-2-6-23(13-17)18(24)4-5-22-19(25)20-10-14-7-15(11-20)9-16(8-14)12-20/h14-17,21H,2-13H2,1H3,(H,22,25). The summed E-state index contributed by atoms with van der Waals surface area (Å²) in [5.74, 6) is 2.78. The average Bonchev–Trinajstić information content (AvgIpc) is 2.60. The molecule has 1 unspecified atom stereocenters. The molecule has 0 radical (unpaired) electrons. The van der Waals surface area contributed by atoms with Gasteiger partial charge in [0.05, 0.1) is 0 Å². The van der Waals surface area contributed by atoms with Gasteiger partial charge in [-0.05, 0) is 76.2 Å². The Morgan fingerprint density at radius 2 is 1.72 bits per heavy atom. The van der Waals surface area contributed by atoms with E-state index in [0.717, 1.165) is 62.9 Å². The molecule has 0 aromatic rings. The van der Waals surface area contributed by atoms with E-state index in [9.17, 15) is 9.59 Å². The Kier molecular flexibility index (Phi) is 4.78. The number of hydrogen-bond acceptors (Lipinski definition) is 3. The van der Waals surface area contributed by atoms with Crippen LogP contribution >= 0.6 is 0 Å². The lowest BCUT2D eigenvalue weighted by Crippen LogP contribution is -2.54. The zero-order valence-electron chi connectivity index (χ0n) is 15.6. The Morgan fingerprint density at radius 3 is 2.32 bits per heavy atom. The van der Waals surface area contributed by atoms with Crippen molar-refractivity contribution in [3.8, 4) is 0 Å². The van der Waals surface area contributed by atoms with Crippen molar-refractivity contribution in [2.75, 3.05) is 26.7 Å². The first-order chi connectivity index (χ1) is 12.1. The molecule has 5 fully saturated rings. The summed E-state index contributed by atoms with van der Waals surface area (Å²) < 4.78 is 0. The molecule has 2 amide bonds. The minimum Gasteiger partial charge on any atom is -0.355 e. The maximum absolute atomic E-state index is 12.9. The van der Waals surface area contributed by atoms with Crippen LogP contribution in [0.4, 0.5) is 0 Å². The number of carbonyl (C=O) groups is 2. The second kappa shape index (κ2) is 6.90. The number of nitrogens with zero attached hydrogens (tertiary/aromatic N) is 1. The molecule has 25 heavy (non-hydrogen) atoms. The van der Waals surface area contributed by atoms with E-state index in [1.807, 2.05) is 11.9 Å². The molecule has 1 atom stereocenters. The van der Waals surface area contributed by atoms with Gasteiger partial charge in [-0.3, -0.25) is 9.59 Å². The number of likely N-dealkylation sites (N-methyl/N-ethyl adjacent to an activating group) is 1. The molecule has 5 nitrogen and oxygen atoms in total. The molecule has 4 aliphatic carbocycles. The Labute approximate surface area is 151 Å². The highest BCUT2D eigenvalue weighted by atomic mass is 16.2. The molecular weight excluding hydrogens is 314 g/mol. The van der Waals surface area contributed by atoms with Crippen LogP contribution in [0.25, 0.3) is 0 Å². The Hall–Kier alpha value is -1.10. The second-order valence-corrected chi connectivity index (χ2v) is 9.17. The molecule has 5 heteroatoms. The van der Waals surface area contributed by atoms with E-state index in [0.29, 0.717) is 19.0 Å². The van der Waals surface area contributed by atoms with Crippen molar-refractivity contribution in [1.82, 2.24) is 15.5 Å². The fourth-order valence-corrected chi connectivity index (χ4v) is 6.46. The number of amides is 2. The lowest BCUT2D eigenvalue weighted by molar-refractivity contribution is -0.146. The van der Waals surface area contributed by atoms with E-state index in [1.54, 1.807) is 0 Å². The van der Waals surface area contributed by atoms with Gasteiger partial charge < -0.3 is 15.5 Å². The molecule has 2 N–H and O–H groups in total. The van der Waals surface area contributed by atoms with Crippen LogP contribution in [0.15, 0.2) is 0 Å². The largest absolute Gasteiger partial charge is 0.355 e. The lowest BCUT2D eigenvalue weighted by atomic mass is 9.49. The third-order valence-electron chi connectivity index (χ3n) is 7.33. The first-order valence-corrected chi connectivity index (χ1v) is 10.3. The highest BCUT2D eigenvalue weighted by molar-refractivity contribution is 5.84. The van der Waals surface area contributed by atoms with Crippen LogP contribution in [0.5, 0.6) is 0 Å². The minimum atomic E-state index is -0.0971. The lowest BCUT2D eigenvalue weighted by Gasteiger charge is -2.55. The summed E-state index contributed by atoms with van der Waals surface area (Å²) >= 11 is 0. The number of hydrogen-bond donors (Lipinski definition) is 2. The molecule has 5 rings (SSSR count). The topological polar surface area (TPSA) is 61.4 Å². The molecule has 5 aliphatic rings. The van der Waals surface area contributed by atoms with Crippen molar-refractivity contribution < 1.29 is 9.59 Å². The normalized spacial score (nSPS) is 39.5. The van der Waals surface area contributed by atoms with Gasteiger partial charge in [-0.25, -0.2) is 0 Å². The van der Waals surface area contributed by atoms with Crippen molar-refractivity contribution >= 4 is 11.8 Å². The van der Waals surface area contributed by atoms with Crippen LogP contribution in [-0.2, 0) is 9.59 Å². The molecule has 4 saturated carbocycles. The SMILES string of the molecule is CNC1CCCN(C(=O)CCNC(=O)C23CC4CC(CC(C4)C2)C3)C1. The van der Waals surface area contributed by atoms with E-state index in [2.05, 4.69) is 10.6 Å². The number of piperidine rings is 1. The highest BCUT2D eigenvalue weighted by Gasteiger charge is 2.54. The molecule has 1 aliphatic heterocycles. The van der Waals surface area contributed by atoms with Gasteiger partial charge in [-0.2, -0.15) is 0 Å². The zero-order chi connectivity index (χ0) is 17.4. The molecule has 0 spiro atoms. The molecule has 4 bridgehead atoms. The molecular formula is C20H33N3O2. The maximum atomic E-state index is 12.9. The maximum Gasteiger partial charge on any atom is 0.226 e. The Bertz CT molecular complexity index is 498. The highest BCUT2D eigenvalue weighted by Crippen LogP contribution is 2.60. The van der Waals surface area contributed by atoms with Crippen molar-refractivity contribution in [3.63, 3.8) is 0 Å². The number of likely N-dealkylation sites (tertiary alicyclic amines) is 1. The van der Waals surface area contributed by atoms with Crippen LogP contribution in [0, 0.1) is 23.2 Å². The molecule has 1 saturated heterocycles. The van der Waals surface area contributed by atoms with Gasteiger partial charge in [0.2, 0.25) is 11.8 Å². The predicted octanol–water partition coefficient (Wildman–Crippen LogP) is 1.92. The predicted molar refractivity (Wildman–Crippen MR) is 96.9 cm³/mol. The van der Waals surface area contributed by atoms with Gasteiger partial charge in [0.1, 0.15) is 0 Å². The molecule has 0 aromatic heterocycles. The fraction of sp³-hybridized carbons (Fsp3) is 0.900. The summed E-state index contributed by atoms with van der Waals surface area (Å²) in [4.78, 5) is 27.3. The van der Waals surface area contributed by atoms with Crippen molar-refractivity contribution in [3.05, 3.63) is 0 Å². The van der Waals surface area contributed by atoms with E-state index in [1.165, 1.54) is 19.3 Å². The number of carbonyl (C=O) groups excluding carboxylic acids is 2. The van der Waals surface area contributed by atoms with Crippen LogP contribution < -0.4 is 10.6 Å². The van der Waals surface area contributed by atoms with E-state index in [-0.39, 0.29) is 17.2 Å². The van der Waals surface area contributed by atoms with Crippen molar-refractivity contribution in [2.24, 2.45) is 23.2 Å². The van der Waals surface area contributed by atoms with Gasteiger partial charge in [0.25, 0.3) is 0 Å². The van der Waals surface area contributed by atoms with Crippen molar-refractivity contribution in [2.45, 2.75) is 63.8 Å². The van der Waals surface area contributed by atoms with Gasteiger partial charge in [-0.1, -0.05) is 0 Å². The van der Waals surface area contributed by atoms with Gasteiger partial charge in [0.15, 0.2) is 0 Å². The van der Waals surface area contributed by atoms with Gasteiger partial charge >= 0.3 is 0 Å². The molecule has 0 aromatic carbocycles. The number of nitrogens with one attached hydrogen (secondary N) is 2. The van der Waals surface area contributed by atoms with Crippen LogP contribution in [0.2, 0.25) is 0 Å². The first kappa shape index (κ1) is 17.3. The molecule has 1 heterocycles. The molecule has 140 valence electrons. The quantitative estimate of drug-likeness (QED) is 0.799. The Morgan fingerprint density at radius 1 is 1.08 bits per heavy atom. The van der Waals surface area contributed by atoms with E-state index in [4.69, 9.17) is 0 Å². The summed E-state index contributed by atoms with van der Waals surface area (Å²) in [6.45, 7) is 2.17. The van der Waals surface area contributed by atoms with Crippen LogP contribution in [0.3, 0.4) is 0 Å². The third kappa shape index (κ3) is 3.44. The summed E-state index contributed by atoms with van der Waals surface area (Å²) in [6, 6.07) is 0.416. The van der Waals surface area contributed by atoms with E-state index < -0.39 is 0 Å². The smallest absolute Gasteiger partial charge is 0.226 e. The zero-order valence-corrected chi connectivity index (χ0v) is 15.6. The minimum absolute atomic E-state index is 0.0971.